The number of hydrogen-bond acceptors (Lipinski definition) is 5. The first kappa shape index (κ1) is 9.50. The molecule has 0 fully saturated rings. The maximum Gasteiger partial charge on any atom is 0.213 e. The Labute approximate surface area is 83.1 Å². The monoisotopic (exact) mass is 212 g/mol. The Morgan fingerprint density at radius 3 is 2.87 bits per heavy atom. The lowest BCUT2D eigenvalue weighted by Crippen LogP contribution is -2.05. The minimum atomic E-state index is -0.765. The van der Waals surface area contributed by atoms with Gasteiger partial charge in [-0.15, -0.1) is 0 Å². The second-order valence-electron chi connectivity index (χ2n) is 2.68. The standard InChI is InChI=1S/C8H6F2N4O/c9-5-1-6(10)8(11-2-5)12-3-7-13-4-15-14-7/h1-2,4H,3H2,(H,11,12). The van der Waals surface area contributed by atoms with Crippen molar-refractivity contribution in [3.05, 3.63) is 36.1 Å². The number of aromatic nitrogens is 3. The molecular formula is C8H6F2N4O. The Hall–Kier alpha value is -2.05. The molecule has 0 spiro atoms. The Balaban J connectivity index is 2.05. The van der Waals surface area contributed by atoms with Crippen LogP contribution in [0.3, 0.4) is 0 Å². The summed E-state index contributed by atoms with van der Waals surface area (Å²) in [6.07, 6.45) is 2.08. The largest absolute Gasteiger partial charge is 0.360 e. The minimum Gasteiger partial charge on any atom is -0.360 e. The van der Waals surface area contributed by atoms with Gasteiger partial charge in [-0.1, -0.05) is 5.16 Å². The fraction of sp³-hybridized carbons (Fsp3) is 0.125. The van der Waals surface area contributed by atoms with Crippen molar-refractivity contribution in [3.8, 4) is 0 Å². The molecule has 2 heterocycles. The average molecular weight is 212 g/mol. The zero-order chi connectivity index (χ0) is 10.7. The topological polar surface area (TPSA) is 63.8 Å². The van der Waals surface area contributed by atoms with Gasteiger partial charge in [-0.3, -0.25) is 0 Å². The molecule has 0 aliphatic carbocycles. The van der Waals surface area contributed by atoms with E-state index in [0.29, 0.717) is 5.82 Å². The highest BCUT2D eigenvalue weighted by atomic mass is 19.1. The summed E-state index contributed by atoms with van der Waals surface area (Å²) < 4.78 is 30.0. The second kappa shape index (κ2) is 3.99. The van der Waals surface area contributed by atoms with Gasteiger partial charge in [0.1, 0.15) is 5.82 Å². The molecule has 2 rings (SSSR count). The Morgan fingerprint density at radius 2 is 2.20 bits per heavy atom. The number of anilines is 1. The van der Waals surface area contributed by atoms with Crippen LogP contribution in [0.2, 0.25) is 0 Å². The van der Waals surface area contributed by atoms with Gasteiger partial charge in [0.15, 0.2) is 17.5 Å². The first-order valence-corrected chi connectivity index (χ1v) is 4.06. The molecule has 2 aromatic rings. The SMILES string of the molecule is Fc1cnc(NCc2ncon2)c(F)c1. The Kier molecular flexibility index (Phi) is 2.53. The minimum absolute atomic E-state index is 0.0544. The van der Waals surface area contributed by atoms with Crippen molar-refractivity contribution in [2.24, 2.45) is 0 Å². The molecule has 0 unspecified atom stereocenters. The van der Waals surface area contributed by atoms with Gasteiger partial charge >= 0.3 is 0 Å². The van der Waals surface area contributed by atoms with Crippen LogP contribution < -0.4 is 5.32 Å². The third kappa shape index (κ3) is 2.25. The molecule has 0 amide bonds. The van der Waals surface area contributed by atoms with Crippen molar-refractivity contribution >= 4 is 5.82 Å². The Morgan fingerprint density at radius 1 is 1.33 bits per heavy atom. The summed E-state index contributed by atoms with van der Waals surface area (Å²) in [5.41, 5.74) is 0. The van der Waals surface area contributed by atoms with Gasteiger partial charge in [0, 0.05) is 6.07 Å². The number of nitrogens with one attached hydrogen (secondary N) is 1. The molecule has 0 atom stereocenters. The normalized spacial score (nSPS) is 10.3. The summed E-state index contributed by atoms with van der Waals surface area (Å²) in [7, 11) is 0. The number of hydrogen-bond donors (Lipinski definition) is 1. The molecule has 0 aliphatic rings. The fourth-order valence-corrected chi connectivity index (χ4v) is 0.978. The predicted molar refractivity (Wildman–Crippen MR) is 45.8 cm³/mol. The van der Waals surface area contributed by atoms with Crippen LogP contribution >= 0.6 is 0 Å². The summed E-state index contributed by atoms with van der Waals surface area (Å²) in [5, 5.41) is 6.11. The van der Waals surface area contributed by atoms with Crippen molar-refractivity contribution in [2.75, 3.05) is 5.32 Å². The molecule has 0 radical (unpaired) electrons. The average Bonchev–Trinajstić information content (AvgIpc) is 2.69. The van der Waals surface area contributed by atoms with Gasteiger partial charge < -0.3 is 9.84 Å². The molecule has 0 bridgehead atoms. The first-order chi connectivity index (χ1) is 7.25. The van der Waals surface area contributed by atoms with Crippen molar-refractivity contribution in [2.45, 2.75) is 6.54 Å². The zero-order valence-corrected chi connectivity index (χ0v) is 7.44. The second-order valence-corrected chi connectivity index (χ2v) is 2.68. The third-order valence-corrected chi connectivity index (χ3v) is 1.63. The van der Waals surface area contributed by atoms with E-state index in [1.54, 1.807) is 0 Å². The van der Waals surface area contributed by atoms with Crippen LogP contribution in [0.25, 0.3) is 0 Å². The number of rotatable bonds is 3. The summed E-state index contributed by atoms with van der Waals surface area (Å²) in [6.45, 7) is 0.159. The molecular weight excluding hydrogens is 206 g/mol. The van der Waals surface area contributed by atoms with E-state index in [1.165, 1.54) is 0 Å². The van der Waals surface area contributed by atoms with Gasteiger partial charge in [-0.05, 0) is 0 Å². The summed E-state index contributed by atoms with van der Waals surface area (Å²) >= 11 is 0. The molecule has 5 nitrogen and oxygen atoms in total. The van der Waals surface area contributed by atoms with Crippen molar-refractivity contribution in [1.82, 2.24) is 15.1 Å². The summed E-state index contributed by atoms with van der Waals surface area (Å²) in [6, 6.07) is 0.742. The highest BCUT2D eigenvalue weighted by molar-refractivity contribution is 5.35. The fourth-order valence-electron chi connectivity index (χ4n) is 0.978. The Bertz CT molecular complexity index is 446. The lowest BCUT2D eigenvalue weighted by atomic mass is 10.4. The quantitative estimate of drug-likeness (QED) is 0.832. The van der Waals surface area contributed by atoms with E-state index in [0.717, 1.165) is 18.7 Å². The van der Waals surface area contributed by atoms with Crippen molar-refractivity contribution < 1.29 is 13.3 Å². The van der Waals surface area contributed by atoms with E-state index in [4.69, 9.17) is 0 Å². The molecule has 0 saturated heterocycles. The van der Waals surface area contributed by atoms with Gasteiger partial charge in [0.25, 0.3) is 0 Å². The van der Waals surface area contributed by atoms with E-state index < -0.39 is 11.6 Å². The molecule has 0 aliphatic heterocycles. The smallest absolute Gasteiger partial charge is 0.213 e. The molecule has 2 aromatic heterocycles. The highest BCUT2D eigenvalue weighted by Gasteiger charge is 2.06. The van der Waals surface area contributed by atoms with Gasteiger partial charge in [-0.25, -0.2) is 13.8 Å². The molecule has 15 heavy (non-hydrogen) atoms. The first-order valence-electron chi connectivity index (χ1n) is 4.06. The molecule has 1 N–H and O–H groups in total. The van der Waals surface area contributed by atoms with Crippen LogP contribution in [0.1, 0.15) is 5.82 Å². The van der Waals surface area contributed by atoms with E-state index in [9.17, 15) is 8.78 Å². The number of nitrogens with zero attached hydrogens (tertiary/aromatic N) is 3. The lowest BCUT2D eigenvalue weighted by molar-refractivity contribution is 0.411. The predicted octanol–water partition coefficient (Wildman–Crippen LogP) is 1.35. The van der Waals surface area contributed by atoms with Crippen molar-refractivity contribution in [1.29, 1.82) is 0 Å². The van der Waals surface area contributed by atoms with Crippen LogP contribution in [0.4, 0.5) is 14.6 Å². The van der Waals surface area contributed by atoms with E-state index in [1.807, 2.05) is 0 Å². The summed E-state index contributed by atoms with van der Waals surface area (Å²) in [5.74, 6) is -1.18. The van der Waals surface area contributed by atoms with Gasteiger partial charge in [-0.2, -0.15) is 4.98 Å². The third-order valence-electron chi connectivity index (χ3n) is 1.63. The van der Waals surface area contributed by atoms with E-state index in [-0.39, 0.29) is 12.4 Å². The summed E-state index contributed by atoms with van der Waals surface area (Å²) in [4.78, 5) is 7.24. The van der Waals surface area contributed by atoms with Crippen LogP contribution in [-0.2, 0) is 6.54 Å². The zero-order valence-electron chi connectivity index (χ0n) is 7.44. The highest BCUT2D eigenvalue weighted by Crippen LogP contribution is 2.11. The van der Waals surface area contributed by atoms with E-state index in [2.05, 4.69) is 25.0 Å². The van der Waals surface area contributed by atoms with E-state index >= 15 is 0 Å². The van der Waals surface area contributed by atoms with Crippen LogP contribution in [0, 0.1) is 11.6 Å². The molecule has 0 aromatic carbocycles. The van der Waals surface area contributed by atoms with Crippen LogP contribution in [0.5, 0.6) is 0 Å². The lowest BCUT2D eigenvalue weighted by Gasteiger charge is -2.02. The van der Waals surface area contributed by atoms with Gasteiger partial charge in [0.2, 0.25) is 6.39 Å². The number of halogens is 2. The molecule has 0 saturated carbocycles. The van der Waals surface area contributed by atoms with Gasteiger partial charge in [0.05, 0.1) is 12.7 Å². The maximum absolute atomic E-state index is 13.0. The van der Waals surface area contributed by atoms with Crippen molar-refractivity contribution in [3.63, 3.8) is 0 Å². The molecule has 7 heteroatoms. The maximum atomic E-state index is 13.0. The molecule has 78 valence electrons. The van der Waals surface area contributed by atoms with Crippen LogP contribution in [0.15, 0.2) is 23.2 Å². The number of pyridine rings is 1. The van der Waals surface area contributed by atoms with Crippen LogP contribution in [-0.4, -0.2) is 15.1 Å².